The number of nitrogens with one attached hydrogen (secondary N) is 1. The van der Waals surface area contributed by atoms with E-state index >= 15 is 0 Å². The number of thiophene rings is 1. The van der Waals surface area contributed by atoms with Crippen molar-refractivity contribution in [1.82, 2.24) is 4.90 Å². The quantitative estimate of drug-likeness (QED) is 0.628. The molecule has 1 amide bonds. The molecule has 0 unspecified atom stereocenters. The van der Waals surface area contributed by atoms with E-state index in [1.165, 1.54) is 4.88 Å². The van der Waals surface area contributed by atoms with Crippen LogP contribution in [-0.4, -0.2) is 24.1 Å². The lowest BCUT2D eigenvalue weighted by atomic mass is 10.1. The summed E-state index contributed by atoms with van der Waals surface area (Å²) in [6, 6.07) is 11.6. The minimum Gasteiger partial charge on any atom is -0.450 e. The number of hydrogen-bond donors (Lipinski definition) is 1. The Bertz CT molecular complexity index is 1030. The fourth-order valence-corrected chi connectivity index (χ4v) is 4.66. The zero-order valence-corrected chi connectivity index (χ0v) is 16.5. The van der Waals surface area contributed by atoms with E-state index in [0.29, 0.717) is 30.5 Å². The number of amides is 1. The highest BCUT2D eigenvalue weighted by atomic mass is 32.1. The van der Waals surface area contributed by atoms with Crippen molar-refractivity contribution in [2.75, 3.05) is 18.5 Å². The lowest BCUT2D eigenvalue weighted by Gasteiger charge is -2.24. The van der Waals surface area contributed by atoms with Crippen molar-refractivity contribution in [2.45, 2.75) is 32.4 Å². The van der Waals surface area contributed by atoms with Crippen LogP contribution in [0.5, 0.6) is 0 Å². The van der Waals surface area contributed by atoms with E-state index in [1.807, 2.05) is 6.07 Å². The maximum Gasteiger partial charge on any atom is 0.411 e. The molecule has 1 aliphatic rings. The van der Waals surface area contributed by atoms with E-state index in [4.69, 9.17) is 9.15 Å². The van der Waals surface area contributed by atoms with Crippen LogP contribution in [0.3, 0.4) is 0 Å². The Morgan fingerprint density at radius 1 is 1.36 bits per heavy atom. The molecule has 1 N–H and O–H groups in total. The van der Waals surface area contributed by atoms with Gasteiger partial charge in [0.2, 0.25) is 0 Å². The zero-order chi connectivity index (χ0) is 19.5. The Labute approximate surface area is 166 Å². The van der Waals surface area contributed by atoms with Crippen LogP contribution < -0.4 is 10.9 Å². The van der Waals surface area contributed by atoms with Crippen LogP contribution in [0.15, 0.2) is 51.0 Å². The molecule has 146 valence electrons. The van der Waals surface area contributed by atoms with Crippen molar-refractivity contribution in [3.8, 4) is 0 Å². The highest BCUT2D eigenvalue weighted by Gasteiger charge is 2.27. The van der Waals surface area contributed by atoms with E-state index in [1.54, 1.807) is 36.5 Å². The maximum atomic E-state index is 12.1. The fourth-order valence-electron chi connectivity index (χ4n) is 3.76. The molecule has 1 fully saturated rings. The largest absolute Gasteiger partial charge is 0.450 e. The van der Waals surface area contributed by atoms with Gasteiger partial charge in [-0.05, 0) is 55.5 Å². The number of nitrogens with zero attached hydrogens (tertiary/aromatic N) is 1. The molecule has 3 heterocycles. The molecule has 0 spiro atoms. The second-order valence-electron chi connectivity index (χ2n) is 6.79. The van der Waals surface area contributed by atoms with Crippen LogP contribution in [0, 0.1) is 0 Å². The van der Waals surface area contributed by atoms with E-state index < -0.39 is 6.09 Å². The number of likely N-dealkylation sites (tertiary alicyclic amines) is 1. The van der Waals surface area contributed by atoms with Crippen molar-refractivity contribution >= 4 is 34.1 Å². The topological polar surface area (TPSA) is 71.8 Å². The van der Waals surface area contributed by atoms with Gasteiger partial charge in [0.05, 0.1) is 6.61 Å². The average molecular weight is 398 g/mol. The number of carbonyl (C=O) groups is 1. The smallest absolute Gasteiger partial charge is 0.411 e. The average Bonchev–Trinajstić information content (AvgIpc) is 3.32. The molecule has 3 aromatic rings. The van der Waals surface area contributed by atoms with Gasteiger partial charge in [-0.2, -0.15) is 0 Å². The van der Waals surface area contributed by atoms with E-state index in [-0.39, 0.29) is 5.63 Å². The van der Waals surface area contributed by atoms with E-state index in [0.717, 1.165) is 30.3 Å². The second kappa shape index (κ2) is 8.16. The molecule has 28 heavy (non-hydrogen) atoms. The summed E-state index contributed by atoms with van der Waals surface area (Å²) in [5.41, 5.74) is 1.55. The first kappa shape index (κ1) is 18.7. The predicted octanol–water partition coefficient (Wildman–Crippen LogP) is 4.76. The first-order valence-electron chi connectivity index (χ1n) is 9.42. The summed E-state index contributed by atoms with van der Waals surface area (Å²) in [4.78, 5) is 27.5. The number of hydrogen-bond acceptors (Lipinski definition) is 6. The number of benzene rings is 1. The highest BCUT2D eigenvalue weighted by molar-refractivity contribution is 7.10. The van der Waals surface area contributed by atoms with Crippen molar-refractivity contribution in [3.05, 3.63) is 62.6 Å². The van der Waals surface area contributed by atoms with Gasteiger partial charge in [0.25, 0.3) is 0 Å². The Morgan fingerprint density at radius 2 is 2.25 bits per heavy atom. The van der Waals surface area contributed by atoms with Gasteiger partial charge >= 0.3 is 11.7 Å². The number of rotatable bonds is 5. The first-order valence-corrected chi connectivity index (χ1v) is 10.3. The molecule has 6 nitrogen and oxygen atoms in total. The Balaban J connectivity index is 1.62. The fraction of sp³-hybridized carbons (Fsp3) is 0.333. The lowest BCUT2D eigenvalue weighted by molar-refractivity contribution is 0.168. The third-order valence-corrected chi connectivity index (χ3v) is 5.93. The molecule has 1 saturated heterocycles. The molecule has 4 rings (SSSR count). The molecule has 1 atom stereocenters. The summed E-state index contributed by atoms with van der Waals surface area (Å²) in [5.74, 6) is 0. The van der Waals surface area contributed by atoms with Crippen molar-refractivity contribution < 1.29 is 13.9 Å². The molecule has 0 saturated carbocycles. The summed E-state index contributed by atoms with van der Waals surface area (Å²) >= 11 is 1.78. The van der Waals surface area contributed by atoms with Gasteiger partial charge in [0.15, 0.2) is 0 Å². The van der Waals surface area contributed by atoms with Gasteiger partial charge in [0.1, 0.15) is 5.58 Å². The monoisotopic (exact) mass is 398 g/mol. The van der Waals surface area contributed by atoms with Crippen molar-refractivity contribution in [1.29, 1.82) is 0 Å². The summed E-state index contributed by atoms with van der Waals surface area (Å²) in [6.45, 7) is 3.73. The summed E-state index contributed by atoms with van der Waals surface area (Å²) in [7, 11) is 0. The molecule has 0 bridgehead atoms. The normalized spacial score (nSPS) is 17.1. The van der Waals surface area contributed by atoms with Crippen molar-refractivity contribution in [2.24, 2.45) is 0 Å². The van der Waals surface area contributed by atoms with Gasteiger partial charge in [-0.3, -0.25) is 10.2 Å². The Hall–Kier alpha value is -2.64. The number of carbonyl (C=O) groups excluding carboxylic acids is 1. The molecular weight excluding hydrogens is 376 g/mol. The summed E-state index contributed by atoms with van der Waals surface area (Å²) in [6.07, 6.45) is 1.75. The Morgan fingerprint density at radius 3 is 3.04 bits per heavy atom. The molecule has 7 heteroatoms. The van der Waals surface area contributed by atoms with Gasteiger partial charge in [0, 0.05) is 40.7 Å². The molecule has 1 aromatic carbocycles. The predicted molar refractivity (Wildman–Crippen MR) is 110 cm³/mol. The van der Waals surface area contributed by atoms with Crippen LogP contribution in [0.1, 0.15) is 36.2 Å². The van der Waals surface area contributed by atoms with Crippen LogP contribution in [0.2, 0.25) is 0 Å². The molecule has 0 aliphatic carbocycles. The highest BCUT2D eigenvalue weighted by Crippen LogP contribution is 2.36. The van der Waals surface area contributed by atoms with Gasteiger partial charge in [-0.1, -0.05) is 6.07 Å². The molecule has 0 radical (unpaired) electrons. The molecule has 2 aromatic heterocycles. The van der Waals surface area contributed by atoms with Crippen molar-refractivity contribution in [3.63, 3.8) is 0 Å². The van der Waals surface area contributed by atoms with Crippen LogP contribution in [0.4, 0.5) is 10.5 Å². The van der Waals surface area contributed by atoms with Gasteiger partial charge in [-0.25, -0.2) is 9.59 Å². The summed E-state index contributed by atoms with van der Waals surface area (Å²) < 4.78 is 10.3. The maximum absolute atomic E-state index is 12.1. The molecule has 1 aliphatic heterocycles. The zero-order valence-electron chi connectivity index (χ0n) is 15.6. The third kappa shape index (κ3) is 3.95. The van der Waals surface area contributed by atoms with Crippen LogP contribution in [0.25, 0.3) is 11.0 Å². The van der Waals surface area contributed by atoms with E-state index in [9.17, 15) is 9.59 Å². The minimum atomic E-state index is -0.531. The first-order chi connectivity index (χ1) is 13.6. The number of anilines is 1. The number of fused-ring (bicyclic) bond motifs is 1. The second-order valence-corrected chi connectivity index (χ2v) is 7.77. The third-order valence-electron chi connectivity index (χ3n) is 4.96. The van der Waals surface area contributed by atoms with E-state index in [2.05, 4.69) is 27.7 Å². The van der Waals surface area contributed by atoms with Gasteiger partial charge in [-0.15, -0.1) is 11.3 Å². The van der Waals surface area contributed by atoms with Crippen LogP contribution >= 0.6 is 11.3 Å². The number of ether oxygens (including phenoxy) is 1. The van der Waals surface area contributed by atoms with Gasteiger partial charge < -0.3 is 9.15 Å². The van der Waals surface area contributed by atoms with Crippen LogP contribution in [-0.2, 0) is 11.3 Å². The standard InChI is InChI=1S/C21H22N2O4S/c1-2-26-21(25)22-15-7-8-16-14(11-20(24)27-18(16)12-15)13-23-9-3-5-17(23)19-6-4-10-28-19/h4,6-8,10-12,17H,2-3,5,9,13H2,1H3,(H,22,25)/t17-/m1/s1. The SMILES string of the molecule is CCOC(=O)Nc1ccc2c(CN3CCC[C@@H]3c3cccs3)cc(=O)oc2c1. The molecular formula is C21H22N2O4S. The Kier molecular flexibility index (Phi) is 5.45. The minimum absolute atomic E-state index is 0.292. The lowest BCUT2D eigenvalue weighted by Crippen LogP contribution is -2.23. The summed E-state index contributed by atoms with van der Waals surface area (Å²) in [5, 5.41) is 5.63.